The number of fused-ring (bicyclic) bond motifs is 1. The predicted octanol–water partition coefficient (Wildman–Crippen LogP) is 3.92. The van der Waals surface area contributed by atoms with Crippen LogP contribution in [0.4, 0.5) is 5.69 Å². The van der Waals surface area contributed by atoms with Crippen LogP contribution in [-0.2, 0) is 21.4 Å². The summed E-state index contributed by atoms with van der Waals surface area (Å²) in [4.78, 5) is 17.4. The van der Waals surface area contributed by atoms with Gasteiger partial charge in [-0.05, 0) is 66.6 Å². The molecule has 1 fully saturated rings. The molecule has 0 unspecified atom stereocenters. The largest absolute Gasteiger partial charge is 0.454 e. The minimum Gasteiger partial charge on any atom is -0.454 e. The minimum atomic E-state index is -3.98. The van der Waals surface area contributed by atoms with Crippen molar-refractivity contribution in [2.24, 2.45) is 0 Å². The number of carbonyl (C=O) groups excluding carboxylic acids is 1. The van der Waals surface area contributed by atoms with E-state index in [0.29, 0.717) is 36.9 Å². The second kappa shape index (κ2) is 10.6. The molecule has 0 radical (unpaired) electrons. The molecule has 8 nitrogen and oxygen atoms in total. The topological polar surface area (TPSA) is 79.4 Å². The highest BCUT2D eigenvalue weighted by atomic mass is 35.5. The first kappa shape index (κ1) is 25.4. The first-order valence-electron chi connectivity index (χ1n) is 12.0. The zero-order valence-electron chi connectivity index (χ0n) is 20.5. The van der Waals surface area contributed by atoms with Gasteiger partial charge in [-0.1, -0.05) is 29.8 Å². The maximum Gasteiger partial charge on any atom is 0.264 e. The number of anilines is 1. The Labute approximate surface area is 222 Å². The van der Waals surface area contributed by atoms with E-state index in [1.54, 1.807) is 23.1 Å². The summed E-state index contributed by atoms with van der Waals surface area (Å²) >= 11 is 5.97. The molecule has 0 aromatic heterocycles. The molecule has 1 amide bonds. The number of halogens is 1. The average Bonchev–Trinajstić information content (AvgIpc) is 3.36. The fourth-order valence-corrected chi connectivity index (χ4v) is 6.04. The molecule has 5 rings (SSSR count). The van der Waals surface area contributed by atoms with E-state index in [2.05, 4.69) is 4.90 Å². The maximum atomic E-state index is 13.6. The molecule has 1 saturated heterocycles. The summed E-state index contributed by atoms with van der Waals surface area (Å²) in [5.41, 5.74) is 2.46. The maximum absolute atomic E-state index is 13.6. The molecular weight excluding hydrogens is 514 g/mol. The molecule has 0 atom stereocenters. The summed E-state index contributed by atoms with van der Waals surface area (Å²) in [5, 5.41) is 0.441. The molecule has 37 heavy (non-hydrogen) atoms. The molecule has 3 aromatic carbocycles. The van der Waals surface area contributed by atoms with Gasteiger partial charge in [-0.25, -0.2) is 8.42 Å². The number of sulfonamides is 1. The van der Waals surface area contributed by atoms with Gasteiger partial charge in [-0.15, -0.1) is 0 Å². The lowest BCUT2D eigenvalue weighted by Gasteiger charge is -2.36. The molecule has 10 heteroatoms. The Morgan fingerprint density at radius 1 is 0.946 bits per heavy atom. The highest BCUT2D eigenvalue weighted by Crippen LogP contribution is 2.33. The normalized spacial score (nSPS) is 15.6. The second-order valence-corrected chi connectivity index (χ2v) is 11.4. The number of aryl methyl sites for hydroxylation is 1. The van der Waals surface area contributed by atoms with E-state index in [1.165, 1.54) is 28.6 Å². The summed E-state index contributed by atoms with van der Waals surface area (Å²) in [6.07, 6.45) is 0. The number of benzene rings is 3. The van der Waals surface area contributed by atoms with Crippen LogP contribution in [0.3, 0.4) is 0 Å². The molecule has 0 saturated carbocycles. The van der Waals surface area contributed by atoms with Crippen molar-refractivity contribution in [3.05, 3.63) is 82.9 Å². The highest BCUT2D eigenvalue weighted by Gasteiger charge is 2.30. The van der Waals surface area contributed by atoms with Crippen molar-refractivity contribution in [2.75, 3.05) is 43.8 Å². The standard InChI is InChI=1S/C27H28ClN3O5S/c1-20-3-2-4-23(15-20)31(37(33,34)24-8-6-22(28)7-9-24)18-27(32)30-13-11-29(12-14-30)17-21-5-10-25-26(16-21)36-19-35-25/h2-10,15-16H,11-14,17-19H2,1H3. The molecule has 3 aromatic rings. The van der Waals surface area contributed by atoms with Crippen LogP contribution in [0.25, 0.3) is 0 Å². The lowest BCUT2D eigenvalue weighted by atomic mass is 10.1. The quantitative estimate of drug-likeness (QED) is 0.451. The van der Waals surface area contributed by atoms with Crippen molar-refractivity contribution in [1.29, 1.82) is 0 Å². The van der Waals surface area contributed by atoms with Gasteiger partial charge < -0.3 is 14.4 Å². The number of hydrogen-bond acceptors (Lipinski definition) is 6. The Morgan fingerprint density at radius 3 is 2.41 bits per heavy atom. The molecule has 2 aliphatic rings. The molecule has 0 spiro atoms. The van der Waals surface area contributed by atoms with Crippen LogP contribution in [0.1, 0.15) is 11.1 Å². The average molecular weight is 542 g/mol. The Bertz CT molecular complexity index is 1390. The van der Waals surface area contributed by atoms with Gasteiger partial charge in [0.15, 0.2) is 11.5 Å². The Balaban J connectivity index is 1.27. The molecule has 0 bridgehead atoms. The van der Waals surface area contributed by atoms with Crippen LogP contribution in [-0.4, -0.2) is 63.6 Å². The van der Waals surface area contributed by atoms with Crippen molar-refractivity contribution in [1.82, 2.24) is 9.80 Å². The van der Waals surface area contributed by atoms with Crippen LogP contribution >= 0.6 is 11.6 Å². The van der Waals surface area contributed by atoms with Crippen LogP contribution in [0.15, 0.2) is 71.6 Å². The smallest absolute Gasteiger partial charge is 0.264 e. The van der Waals surface area contributed by atoms with E-state index in [4.69, 9.17) is 21.1 Å². The summed E-state index contributed by atoms with van der Waals surface area (Å²) < 4.78 is 39.2. The lowest BCUT2D eigenvalue weighted by Crippen LogP contribution is -2.51. The Morgan fingerprint density at radius 2 is 1.68 bits per heavy atom. The minimum absolute atomic E-state index is 0.0831. The van der Waals surface area contributed by atoms with Gasteiger partial charge in [-0.2, -0.15) is 0 Å². The SMILES string of the molecule is Cc1cccc(N(CC(=O)N2CCN(Cc3ccc4c(c3)OCO4)CC2)S(=O)(=O)c2ccc(Cl)cc2)c1. The number of ether oxygens (including phenoxy) is 2. The van der Waals surface area contributed by atoms with Gasteiger partial charge in [0, 0.05) is 37.7 Å². The van der Waals surface area contributed by atoms with E-state index < -0.39 is 10.0 Å². The summed E-state index contributed by atoms with van der Waals surface area (Å²) in [7, 11) is -3.98. The van der Waals surface area contributed by atoms with E-state index >= 15 is 0 Å². The van der Waals surface area contributed by atoms with E-state index in [-0.39, 0.29) is 24.1 Å². The van der Waals surface area contributed by atoms with Gasteiger partial charge in [0.25, 0.3) is 10.0 Å². The van der Waals surface area contributed by atoms with Crippen LogP contribution in [0.5, 0.6) is 11.5 Å². The molecular formula is C27H28ClN3O5S. The number of nitrogens with zero attached hydrogens (tertiary/aromatic N) is 3. The monoisotopic (exact) mass is 541 g/mol. The van der Waals surface area contributed by atoms with Gasteiger partial charge in [0.05, 0.1) is 10.6 Å². The summed E-state index contributed by atoms with van der Waals surface area (Å²) in [6, 6.07) is 19.0. The first-order chi connectivity index (χ1) is 17.8. The lowest BCUT2D eigenvalue weighted by molar-refractivity contribution is -0.131. The zero-order chi connectivity index (χ0) is 26.0. The number of rotatable bonds is 7. The number of amides is 1. The van der Waals surface area contributed by atoms with Crippen LogP contribution in [0.2, 0.25) is 5.02 Å². The van der Waals surface area contributed by atoms with Crippen molar-refractivity contribution < 1.29 is 22.7 Å². The number of hydrogen-bond donors (Lipinski definition) is 0. The second-order valence-electron chi connectivity index (χ2n) is 9.15. The Hall–Kier alpha value is -3.27. The highest BCUT2D eigenvalue weighted by molar-refractivity contribution is 7.92. The third kappa shape index (κ3) is 5.69. The first-order valence-corrected chi connectivity index (χ1v) is 13.8. The Kier molecular flexibility index (Phi) is 7.28. The van der Waals surface area contributed by atoms with Crippen molar-refractivity contribution >= 4 is 33.2 Å². The van der Waals surface area contributed by atoms with Crippen LogP contribution in [0, 0.1) is 6.92 Å². The van der Waals surface area contributed by atoms with E-state index in [1.807, 2.05) is 31.2 Å². The van der Waals surface area contributed by atoms with Gasteiger partial charge in [-0.3, -0.25) is 14.0 Å². The molecule has 2 heterocycles. The van der Waals surface area contributed by atoms with E-state index in [9.17, 15) is 13.2 Å². The van der Waals surface area contributed by atoms with E-state index in [0.717, 1.165) is 29.2 Å². The molecule has 2 aliphatic heterocycles. The third-order valence-electron chi connectivity index (χ3n) is 6.54. The third-order valence-corrected chi connectivity index (χ3v) is 8.58. The molecule has 194 valence electrons. The fourth-order valence-electron chi connectivity index (χ4n) is 4.51. The van der Waals surface area contributed by atoms with Gasteiger partial charge in [0.2, 0.25) is 12.7 Å². The summed E-state index contributed by atoms with van der Waals surface area (Å²) in [6.45, 7) is 5.00. The number of carbonyl (C=O) groups is 1. The molecule has 0 aliphatic carbocycles. The predicted molar refractivity (Wildman–Crippen MR) is 142 cm³/mol. The fraction of sp³-hybridized carbons (Fsp3) is 0.296. The van der Waals surface area contributed by atoms with Crippen molar-refractivity contribution in [2.45, 2.75) is 18.4 Å². The van der Waals surface area contributed by atoms with Crippen LogP contribution < -0.4 is 13.8 Å². The van der Waals surface area contributed by atoms with Gasteiger partial charge in [0.1, 0.15) is 6.54 Å². The van der Waals surface area contributed by atoms with Crippen molar-refractivity contribution in [3.8, 4) is 11.5 Å². The summed E-state index contributed by atoms with van der Waals surface area (Å²) in [5.74, 6) is 1.28. The number of piperazine rings is 1. The molecule has 0 N–H and O–H groups in total. The van der Waals surface area contributed by atoms with Crippen molar-refractivity contribution in [3.63, 3.8) is 0 Å². The van der Waals surface area contributed by atoms with Gasteiger partial charge >= 0.3 is 0 Å². The zero-order valence-corrected chi connectivity index (χ0v) is 22.0.